The highest BCUT2D eigenvalue weighted by molar-refractivity contribution is 5.74. The first kappa shape index (κ1) is 17.9. The molecule has 0 unspecified atom stereocenters. The first-order chi connectivity index (χ1) is 13.1. The minimum atomic E-state index is -0.799. The Hall–Kier alpha value is -2.51. The van der Waals surface area contributed by atoms with Crippen molar-refractivity contribution in [1.82, 2.24) is 25.0 Å². The Balaban J connectivity index is 1.26. The maximum Gasteiger partial charge on any atom is 0.317 e. The van der Waals surface area contributed by atoms with Crippen molar-refractivity contribution in [2.75, 3.05) is 13.1 Å². The lowest BCUT2D eigenvalue weighted by atomic mass is 9.90. The van der Waals surface area contributed by atoms with E-state index in [1.807, 2.05) is 9.58 Å². The molecule has 1 saturated heterocycles. The maximum atomic E-state index is 13.8. The number of piperidine rings is 1. The number of benzene rings is 1. The van der Waals surface area contributed by atoms with Crippen LogP contribution in [0.15, 0.2) is 24.5 Å². The predicted molar refractivity (Wildman–Crippen MR) is 95.0 cm³/mol. The van der Waals surface area contributed by atoms with E-state index in [9.17, 15) is 13.6 Å². The fourth-order valence-electron chi connectivity index (χ4n) is 3.98. The van der Waals surface area contributed by atoms with Gasteiger partial charge in [-0.25, -0.2) is 23.2 Å². The SMILES string of the molecule is O=C(N[C@H]1CCc2ncnn2C1)N1CCC(Cc2cccc(F)c2F)CC1. The molecular formula is C19H23F2N5O. The van der Waals surface area contributed by atoms with Crippen molar-refractivity contribution >= 4 is 6.03 Å². The van der Waals surface area contributed by atoms with Crippen molar-refractivity contribution in [2.24, 2.45) is 5.92 Å². The Morgan fingerprint density at radius 1 is 1.22 bits per heavy atom. The highest BCUT2D eigenvalue weighted by Crippen LogP contribution is 2.24. The van der Waals surface area contributed by atoms with Crippen molar-refractivity contribution < 1.29 is 13.6 Å². The number of hydrogen-bond acceptors (Lipinski definition) is 3. The normalized spacial score (nSPS) is 20.4. The number of amides is 2. The van der Waals surface area contributed by atoms with Crippen LogP contribution in [0.3, 0.4) is 0 Å². The average Bonchev–Trinajstić information content (AvgIpc) is 3.14. The van der Waals surface area contributed by atoms with Gasteiger partial charge in [0.2, 0.25) is 0 Å². The van der Waals surface area contributed by atoms with E-state index in [1.165, 1.54) is 0 Å². The molecule has 0 spiro atoms. The van der Waals surface area contributed by atoms with Gasteiger partial charge in [0, 0.05) is 19.5 Å². The molecule has 2 aromatic rings. The highest BCUT2D eigenvalue weighted by Gasteiger charge is 2.27. The Bertz CT molecular complexity index is 816. The van der Waals surface area contributed by atoms with Gasteiger partial charge in [-0.1, -0.05) is 12.1 Å². The van der Waals surface area contributed by atoms with Crippen LogP contribution in [0.5, 0.6) is 0 Å². The predicted octanol–water partition coefficient (Wildman–Crippen LogP) is 2.54. The fourth-order valence-corrected chi connectivity index (χ4v) is 3.98. The van der Waals surface area contributed by atoms with Gasteiger partial charge in [0.05, 0.1) is 12.6 Å². The first-order valence-electron chi connectivity index (χ1n) is 9.45. The van der Waals surface area contributed by atoms with E-state index in [0.717, 1.165) is 37.6 Å². The van der Waals surface area contributed by atoms with Crippen LogP contribution in [0.25, 0.3) is 0 Å². The number of carbonyl (C=O) groups is 1. The largest absolute Gasteiger partial charge is 0.333 e. The van der Waals surface area contributed by atoms with Gasteiger partial charge in [-0.05, 0) is 43.2 Å². The summed E-state index contributed by atoms with van der Waals surface area (Å²) in [5.74, 6) is -0.321. The molecule has 0 aliphatic carbocycles. The Kier molecular flexibility index (Phi) is 5.05. The minimum Gasteiger partial charge on any atom is -0.333 e. The third kappa shape index (κ3) is 3.94. The van der Waals surface area contributed by atoms with E-state index >= 15 is 0 Å². The molecule has 1 aromatic heterocycles. The number of fused-ring (bicyclic) bond motifs is 1. The molecule has 2 aliphatic rings. The molecule has 4 rings (SSSR count). The summed E-state index contributed by atoms with van der Waals surface area (Å²) in [6.45, 7) is 1.92. The van der Waals surface area contributed by atoms with E-state index in [-0.39, 0.29) is 18.0 Å². The molecule has 1 N–H and O–H groups in total. The summed E-state index contributed by atoms with van der Waals surface area (Å²) >= 11 is 0. The maximum absolute atomic E-state index is 13.8. The summed E-state index contributed by atoms with van der Waals surface area (Å²) in [6, 6.07) is 4.32. The van der Waals surface area contributed by atoms with Gasteiger partial charge >= 0.3 is 6.03 Å². The van der Waals surface area contributed by atoms with Crippen LogP contribution in [0.4, 0.5) is 13.6 Å². The molecule has 0 bridgehead atoms. The second kappa shape index (κ2) is 7.62. The van der Waals surface area contributed by atoms with Gasteiger partial charge < -0.3 is 10.2 Å². The molecule has 3 heterocycles. The number of halogens is 2. The minimum absolute atomic E-state index is 0.0565. The molecule has 1 aromatic carbocycles. The summed E-state index contributed by atoms with van der Waals surface area (Å²) < 4.78 is 29.0. The summed E-state index contributed by atoms with van der Waals surface area (Å²) in [5.41, 5.74) is 0.420. The Morgan fingerprint density at radius 2 is 2.04 bits per heavy atom. The smallest absolute Gasteiger partial charge is 0.317 e. The molecular weight excluding hydrogens is 352 g/mol. The third-order valence-corrected chi connectivity index (χ3v) is 5.57. The first-order valence-corrected chi connectivity index (χ1v) is 9.45. The third-order valence-electron chi connectivity index (χ3n) is 5.57. The molecule has 0 saturated carbocycles. The fraction of sp³-hybridized carbons (Fsp3) is 0.526. The van der Waals surface area contributed by atoms with Crippen molar-refractivity contribution in [3.63, 3.8) is 0 Å². The number of urea groups is 1. The number of carbonyl (C=O) groups excluding carboxylic acids is 1. The zero-order chi connectivity index (χ0) is 18.8. The van der Waals surface area contributed by atoms with E-state index in [2.05, 4.69) is 15.4 Å². The van der Waals surface area contributed by atoms with Gasteiger partial charge in [-0.3, -0.25) is 0 Å². The molecule has 2 aliphatic heterocycles. The van der Waals surface area contributed by atoms with Crippen molar-refractivity contribution in [3.05, 3.63) is 47.5 Å². The highest BCUT2D eigenvalue weighted by atomic mass is 19.2. The molecule has 1 fully saturated rings. The number of likely N-dealkylation sites (tertiary alicyclic amines) is 1. The van der Waals surface area contributed by atoms with Gasteiger partial charge in [0.15, 0.2) is 11.6 Å². The van der Waals surface area contributed by atoms with Gasteiger partial charge in [0.1, 0.15) is 12.2 Å². The van der Waals surface area contributed by atoms with Crippen LogP contribution >= 0.6 is 0 Å². The van der Waals surface area contributed by atoms with Crippen molar-refractivity contribution in [1.29, 1.82) is 0 Å². The van der Waals surface area contributed by atoms with Crippen LogP contribution < -0.4 is 5.32 Å². The van der Waals surface area contributed by atoms with E-state index in [1.54, 1.807) is 18.5 Å². The van der Waals surface area contributed by atoms with Crippen LogP contribution in [-0.2, 0) is 19.4 Å². The lowest BCUT2D eigenvalue weighted by Crippen LogP contribution is -2.50. The Morgan fingerprint density at radius 3 is 2.85 bits per heavy atom. The molecule has 0 radical (unpaired) electrons. The van der Waals surface area contributed by atoms with Crippen LogP contribution in [0.2, 0.25) is 0 Å². The van der Waals surface area contributed by atoms with Gasteiger partial charge in [-0.2, -0.15) is 5.10 Å². The zero-order valence-electron chi connectivity index (χ0n) is 15.1. The molecule has 2 amide bonds. The molecule has 6 nitrogen and oxygen atoms in total. The van der Waals surface area contributed by atoms with E-state index in [0.29, 0.717) is 31.6 Å². The standard InChI is InChI=1S/C19H23F2N5O/c20-16-3-1-2-14(18(16)21)10-13-6-8-25(9-7-13)19(27)24-15-4-5-17-22-12-23-26(17)11-15/h1-3,12-13,15H,4-11H2,(H,24,27)/t15-/m0/s1. The lowest BCUT2D eigenvalue weighted by Gasteiger charge is -2.34. The van der Waals surface area contributed by atoms with Crippen LogP contribution in [-0.4, -0.2) is 44.8 Å². The summed E-state index contributed by atoms with van der Waals surface area (Å²) in [4.78, 5) is 18.5. The number of aryl methyl sites for hydroxylation is 1. The monoisotopic (exact) mass is 375 g/mol. The number of nitrogens with zero attached hydrogens (tertiary/aromatic N) is 4. The van der Waals surface area contributed by atoms with Crippen molar-refractivity contribution in [3.8, 4) is 0 Å². The quantitative estimate of drug-likeness (QED) is 0.897. The lowest BCUT2D eigenvalue weighted by molar-refractivity contribution is 0.163. The van der Waals surface area contributed by atoms with Crippen LogP contribution in [0, 0.1) is 17.6 Å². The average molecular weight is 375 g/mol. The molecule has 8 heteroatoms. The van der Waals surface area contributed by atoms with Crippen molar-refractivity contribution in [2.45, 2.75) is 44.7 Å². The van der Waals surface area contributed by atoms with E-state index < -0.39 is 11.6 Å². The molecule has 27 heavy (non-hydrogen) atoms. The summed E-state index contributed by atoms with van der Waals surface area (Å²) in [5, 5.41) is 7.26. The van der Waals surface area contributed by atoms with E-state index in [4.69, 9.17) is 0 Å². The second-order valence-electron chi connectivity index (χ2n) is 7.39. The number of aromatic nitrogens is 3. The number of hydrogen-bond donors (Lipinski definition) is 1. The zero-order valence-corrected chi connectivity index (χ0v) is 15.1. The van der Waals surface area contributed by atoms with Gasteiger partial charge in [-0.15, -0.1) is 0 Å². The summed E-state index contributed by atoms with van der Waals surface area (Å²) in [7, 11) is 0. The Labute approximate surface area is 156 Å². The van der Waals surface area contributed by atoms with Crippen LogP contribution in [0.1, 0.15) is 30.7 Å². The molecule has 1 atom stereocenters. The molecule has 144 valence electrons. The number of nitrogens with one attached hydrogen (secondary N) is 1. The summed E-state index contributed by atoms with van der Waals surface area (Å²) in [6.07, 6.45) is 5.32. The number of rotatable bonds is 3. The topological polar surface area (TPSA) is 63.1 Å². The second-order valence-corrected chi connectivity index (χ2v) is 7.39. The van der Waals surface area contributed by atoms with Gasteiger partial charge in [0.25, 0.3) is 0 Å².